The highest BCUT2D eigenvalue weighted by molar-refractivity contribution is 7.89. The summed E-state index contributed by atoms with van der Waals surface area (Å²) >= 11 is 0. The van der Waals surface area contributed by atoms with Gasteiger partial charge in [-0.1, -0.05) is 0 Å². The van der Waals surface area contributed by atoms with Gasteiger partial charge in [0.1, 0.15) is 24.1 Å². The van der Waals surface area contributed by atoms with Crippen molar-refractivity contribution in [3.05, 3.63) is 48.4 Å². The Labute approximate surface area is 131 Å². The molecule has 1 aliphatic heterocycles. The van der Waals surface area contributed by atoms with Crippen molar-refractivity contribution in [1.82, 2.24) is 14.3 Å². The van der Waals surface area contributed by atoms with Crippen molar-refractivity contribution < 1.29 is 21.9 Å². The van der Waals surface area contributed by atoms with Crippen LogP contribution in [0.3, 0.4) is 0 Å². The van der Waals surface area contributed by atoms with Crippen molar-refractivity contribution in [2.75, 3.05) is 13.1 Å². The van der Waals surface area contributed by atoms with Gasteiger partial charge in [0, 0.05) is 24.9 Å². The average Bonchev–Trinajstić information content (AvgIpc) is 2.96. The van der Waals surface area contributed by atoms with Crippen LogP contribution < -0.4 is 4.74 Å². The van der Waals surface area contributed by atoms with Gasteiger partial charge >= 0.3 is 0 Å². The van der Waals surface area contributed by atoms with E-state index >= 15 is 0 Å². The Kier molecular flexibility index (Phi) is 4.22. The van der Waals surface area contributed by atoms with Gasteiger partial charge in [0.15, 0.2) is 0 Å². The number of ether oxygens (including phenoxy) is 1. The lowest BCUT2D eigenvalue weighted by atomic mass is 10.3. The third kappa shape index (κ3) is 3.45. The van der Waals surface area contributed by atoms with Crippen LogP contribution in [-0.2, 0) is 10.0 Å². The average molecular weight is 341 g/mol. The van der Waals surface area contributed by atoms with E-state index in [0.29, 0.717) is 18.4 Å². The third-order valence-electron chi connectivity index (χ3n) is 3.42. The molecule has 6 nitrogen and oxygen atoms in total. The number of rotatable bonds is 4. The Bertz CT molecular complexity index is 782. The quantitative estimate of drug-likeness (QED) is 0.845. The smallest absolute Gasteiger partial charge is 0.243 e. The summed E-state index contributed by atoms with van der Waals surface area (Å²) in [4.78, 5) is 7.27. The molecule has 1 aromatic heterocycles. The van der Waals surface area contributed by atoms with Crippen LogP contribution >= 0.6 is 0 Å². The zero-order chi connectivity index (χ0) is 16.4. The van der Waals surface area contributed by atoms with Gasteiger partial charge in [0.2, 0.25) is 15.9 Å². The molecule has 2 heterocycles. The summed E-state index contributed by atoms with van der Waals surface area (Å²) in [6.45, 7) is 0.292. The van der Waals surface area contributed by atoms with E-state index in [1.165, 1.54) is 12.5 Å². The number of sulfonamides is 1. The van der Waals surface area contributed by atoms with E-state index in [1.54, 1.807) is 6.07 Å². The number of benzene rings is 1. The van der Waals surface area contributed by atoms with Gasteiger partial charge in [0.05, 0.1) is 11.4 Å². The number of halogens is 2. The number of aromatic nitrogens is 2. The largest absolute Gasteiger partial charge is 0.473 e. The summed E-state index contributed by atoms with van der Waals surface area (Å²) in [7, 11) is -3.97. The SMILES string of the molecule is O=S(=O)(c1cc(F)cc(F)c1)N1CCC(Oc2ccncn2)C1. The molecule has 1 aromatic carbocycles. The zero-order valence-corrected chi connectivity index (χ0v) is 12.7. The molecular weight excluding hydrogens is 328 g/mol. The van der Waals surface area contributed by atoms with Crippen LogP contribution in [0, 0.1) is 11.6 Å². The van der Waals surface area contributed by atoms with Crippen LogP contribution in [0.4, 0.5) is 8.78 Å². The molecule has 1 aliphatic rings. The molecule has 122 valence electrons. The van der Waals surface area contributed by atoms with E-state index in [2.05, 4.69) is 9.97 Å². The summed E-state index contributed by atoms with van der Waals surface area (Å²) < 4.78 is 58.1. The highest BCUT2D eigenvalue weighted by atomic mass is 32.2. The molecule has 0 N–H and O–H groups in total. The molecule has 1 fully saturated rings. The Balaban J connectivity index is 1.75. The van der Waals surface area contributed by atoms with E-state index < -0.39 is 26.6 Å². The first-order valence-corrected chi connectivity index (χ1v) is 8.28. The van der Waals surface area contributed by atoms with Crippen molar-refractivity contribution in [2.24, 2.45) is 0 Å². The summed E-state index contributed by atoms with van der Waals surface area (Å²) in [6, 6.07) is 3.80. The van der Waals surface area contributed by atoms with Crippen LogP contribution in [0.1, 0.15) is 6.42 Å². The van der Waals surface area contributed by atoms with Gasteiger partial charge in [-0.3, -0.25) is 0 Å². The van der Waals surface area contributed by atoms with Crippen LogP contribution in [0.25, 0.3) is 0 Å². The van der Waals surface area contributed by atoms with Gasteiger partial charge in [-0.15, -0.1) is 0 Å². The van der Waals surface area contributed by atoms with E-state index in [4.69, 9.17) is 4.74 Å². The predicted octanol–water partition coefficient (Wildman–Crippen LogP) is 1.60. The molecule has 23 heavy (non-hydrogen) atoms. The maximum absolute atomic E-state index is 13.2. The molecular formula is C14H13F2N3O3S. The molecule has 0 saturated carbocycles. The second kappa shape index (κ2) is 6.17. The minimum Gasteiger partial charge on any atom is -0.473 e. The standard InChI is InChI=1S/C14H13F2N3O3S/c15-10-5-11(16)7-13(6-10)23(20,21)19-4-2-12(8-19)22-14-1-3-17-9-18-14/h1,3,5-7,9,12H,2,4,8H2. The third-order valence-corrected chi connectivity index (χ3v) is 5.27. The Morgan fingerprint density at radius 3 is 2.61 bits per heavy atom. The van der Waals surface area contributed by atoms with E-state index in [9.17, 15) is 17.2 Å². The molecule has 3 rings (SSSR count). The van der Waals surface area contributed by atoms with Gasteiger partial charge in [-0.05, 0) is 18.6 Å². The van der Waals surface area contributed by atoms with Gasteiger partial charge in [0.25, 0.3) is 0 Å². The molecule has 0 aliphatic carbocycles. The molecule has 0 amide bonds. The number of hydrogen-bond donors (Lipinski definition) is 0. The molecule has 9 heteroatoms. The Morgan fingerprint density at radius 1 is 1.22 bits per heavy atom. The summed E-state index contributed by atoms with van der Waals surface area (Å²) in [5.74, 6) is -1.52. The van der Waals surface area contributed by atoms with Gasteiger partial charge in [-0.25, -0.2) is 27.2 Å². The Morgan fingerprint density at radius 2 is 1.96 bits per heavy atom. The predicted molar refractivity (Wildman–Crippen MR) is 76.2 cm³/mol. The van der Waals surface area contributed by atoms with Crippen LogP contribution in [0.5, 0.6) is 5.88 Å². The number of hydrogen-bond acceptors (Lipinski definition) is 5. The molecule has 1 unspecified atom stereocenters. The van der Waals surface area contributed by atoms with E-state index in [0.717, 1.165) is 16.4 Å². The lowest BCUT2D eigenvalue weighted by Crippen LogP contribution is -2.31. The Hall–Kier alpha value is -2.13. The number of nitrogens with zero attached hydrogens (tertiary/aromatic N) is 3. The molecule has 0 spiro atoms. The first-order chi connectivity index (χ1) is 10.9. The zero-order valence-electron chi connectivity index (χ0n) is 11.9. The molecule has 0 radical (unpaired) electrons. The maximum Gasteiger partial charge on any atom is 0.243 e. The van der Waals surface area contributed by atoms with Crippen molar-refractivity contribution in [1.29, 1.82) is 0 Å². The van der Waals surface area contributed by atoms with Crippen LogP contribution in [0.15, 0.2) is 41.7 Å². The van der Waals surface area contributed by atoms with Crippen molar-refractivity contribution in [2.45, 2.75) is 17.4 Å². The monoisotopic (exact) mass is 341 g/mol. The second-order valence-electron chi connectivity index (χ2n) is 5.04. The van der Waals surface area contributed by atoms with E-state index in [1.807, 2.05) is 0 Å². The normalized spacial score (nSPS) is 19.0. The lowest BCUT2D eigenvalue weighted by molar-refractivity contribution is 0.206. The van der Waals surface area contributed by atoms with Crippen molar-refractivity contribution in [3.63, 3.8) is 0 Å². The first kappa shape index (κ1) is 15.8. The van der Waals surface area contributed by atoms with Gasteiger partial charge in [-0.2, -0.15) is 4.31 Å². The fraction of sp³-hybridized carbons (Fsp3) is 0.286. The molecule has 1 saturated heterocycles. The van der Waals surface area contributed by atoms with Crippen molar-refractivity contribution >= 4 is 10.0 Å². The second-order valence-corrected chi connectivity index (χ2v) is 6.98. The minimum atomic E-state index is -3.97. The van der Waals surface area contributed by atoms with E-state index in [-0.39, 0.29) is 19.2 Å². The summed E-state index contributed by atoms with van der Waals surface area (Å²) in [5, 5.41) is 0. The van der Waals surface area contributed by atoms with Crippen LogP contribution in [0.2, 0.25) is 0 Å². The first-order valence-electron chi connectivity index (χ1n) is 6.84. The lowest BCUT2D eigenvalue weighted by Gasteiger charge is -2.17. The van der Waals surface area contributed by atoms with Gasteiger partial charge < -0.3 is 4.74 Å². The molecule has 2 aromatic rings. The fourth-order valence-corrected chi connectivity index (χ4v) is 3.89. The topological polar surface area (TPSA) is 72.4 Å². The minimum absolute atomic E-state index is 0.0878. The fourth-order valence-electron chi connectivity index (χ4n) is 2.36. The van der Waals surface area contributed by atoms with Crippen molar-refractivity contribution in [3.8, 4) is 5.88 Å². The highest BCUT2D eigenvalue weighted by Gasteiger charge is 2.34. The summed E-state index contributed by atoms with van der Waals surface area (Å²) in [6.07, 6.45) is 2.93. The highest BCUT2D eigenvalue weighted by Crippen LogP contribution is 2.24. The van der Waals surface area contributed by atoms with Crippen LogP contribution in [-0.4, -0.2) is 41.9 Å². The maximum atomic E-state index is 13.2. The summed E-state index contributed by atoms with van der Waals surface area (Å²) in [5.41, 5.74) is 0. The molecule has 0 bridgehead atoms. The molecule has 1 atom stereocenters.